The van der Waals surface area contributed by atoms with Crippen LogP contribution in [0.5, 0.6) is 0 Å². The minimum Gasteiger partial charge on any atom is -0.463 e. The zero-order valence-electron chi connectivity index (χ0n) is 8.05. The molecule has 0 saturated carbocycles. The molecule has 0 spiro atoms. The topological polar surface area (TPSA) is 98.2 Å². The SMILES string of the molecule is CCS(=O)(=O)Nc1nc(C(=O)OC)ns1. The third kappa shape index (κ3) is 3.13. The number of hydrogen-bond acceptors (Lipinski definition) is 7. The average molecular weight is 251 g/mol. The van der Waals surface area contributed by atoms with Gasteiger partial charge in [-0.05, 0) is 6.92 Å². The average Bonchev–Trinajstić information content (AvgIpc) is 2.64. The number of rotatable bonds is 4. The zero-order valence-corrected chi connectivity index (χ0v) is 9.68. The van der Waals surface area contributed by atoms with Crippen LogP contribution in [0.2, 0.25) is 0 Å². The zero-order chi connectivity index (χ0) is 11.5. The maximum absolute atomic E-state index is 11.1. The van der Waals surface area contributed by atoms with Crippen molar-refractivity contribution in [1.29, 1.82) is 0 Å². The van der Waals surface area contributed by atoms with E-state index in [1.165, 1.54) is 14.0 Å². The molecule has 9 heteroatoms. The molecule has 0 aliphatic rings. The van der Waals surface area contributed by atoms with E-state index in [9.17, 15) is 13.2 Å². The van der Waals surface area contributed by atoms with Crippen molar-refractivity contribution in [3.63, 3.8) is 0 Å². The molecule has 0 aromatic carbocycles. The van der Waals surface area contributed by atoms with Crippen molar-refractivity contribution in [2.45, 2.75) is 6.92 Å². The first-order valence-electron chi connectivity index (χ1n) is 3.91. The molecule has 0 amide bonds. The van der Waals surface area contributed by atoms with Crippen molar-refractivity contribution >= 4 is 32.7 Å². The summed E-state index contributed by atoms with van der Waals surface area (Å²) in [4.78, 5) is 14.6. The Bertz CT molecular complexity index is 453. The summed E-state index contributed by atoms with van der Waals surface area (Å²) in [6, 6.07) is 0. The van der Waals surface area contributed by atoms with Crippen molar-refractivity contribution in [1.82, 2.24) is 9.36 Å². The molecule has 0 radical (unpaired) electrons. The highest BCUT2D eigenvalue weighted by Gasteiger charge is 2.15. The number of nitrogens with one attached hydrogen (secondary N) is 1. The summed E-state index contributed by atoms with van der Waals surface area (Å²) >= 11 is 0.783. The Kier molecular flexibility index (Phi) is 3.58. The highest BCUT2D eigenvalue weighted by molar-refractivity contribution is 7.92. The standard InChI is InChI=1S/C6H9N3O4S2/c1-3-15(11,12)9-6-7-4(8-14-6)5(10)13-2/h3H2,1-2H3,(H,7,8,9). The van der Waals surface area contributed by atoms with Gasteiger partial charge in [0, 0.05) is 11.5 Å². The van der Waals surface area contributed by atoms with Gasteiger partial charge in [0.05, 0.1) is 12.9 Å². The molecule has 7 nitrogen and oxygen atoms in total. The minimum atomic E-state index is -3.39. The number of methoxy groups -OCH3 is 1. The van der Waals surface area contributed by atoms with Gasteiger partial charge < -0.3 is 4.74 Å². The minimum absolute atomic E-state index is 0.0530. The molecule has 0 fully saturated rings. The Morgan fingerprint density at radius 2 is 2.27 bits per heavy atom. The van der Waals surface area contributed by atoms with Crippen molar-refractivity contribution in [3.05, 3.63) is 5.82 Å². The van der Waals surface area contributed by atoms with Gasteiger partial charge in [-0.15, -0.1) is 0 Å². The first kappa shape index (κ1) is 11.9. The van der Waals surface area contributed by atoms with Crippen molar-refractivity contribution in [2.24, 2.45) is 0 Å². The van der Waals surface area contributed by atoms with Crippen LogP contribution in [0.1, 0.15) is 17.5 Å². The van der Waals surface area contributed by atoms with Crippen LogP contribution < -0.4 is 4.72 Å². The van der Waals surface area contributed by atoms with Crippen molar-refractivity contribution in [3.8, 4) is 0 Å². The third-order valence-corrected chi connectivity index (χ3v) is 3.44. The number of sulfonamides is 1. The van der Waals surface area contributed by atoms with Gasteiger partial charge >= 0.3 is 5.97 Å². The van der Waals surface area contributed by atoms with Crippen LogP contribution in [0.4, 0.5) is 5.13 Å². The lowest BCUT2D eigenvalue weighted by molar-refractivity contribution is 0.0588. The highest BCUT2D eigenvalue weighted by atomic mass is 32.2. The quantitative estimate of drug-likeness (QED) is 0.761. The Balaban J connectivity index is 2.82. The number of hydrogen-bond donors (Lipinski definition) is 1. The lowest BCUT2D eigenvalue weighted by atomic mass is 10.6. The van der Waals surface area contributed by atoms with E-state index in [2.05, 4.69) is 18.8 Å². The second-order valence-electron chi connectivity index (χ2n) is 2.42. The second-order valence-corrected chi connectivity index (χ2v) is 5.18. The van der Waals surface area contributed by atoms with Crippen LogP contribution in [-0.4, -0.2) is 36.6 Å². The summed E-state index contributed by atoms with van der Waals surface area (Å²) in [5.74, 6) is -0.926. The van der Waals surface area contributed by atoms with E-state index in [0.29, 0.717) is 0 Å². The second kappa shape index (κ2) is 4.53. The van der Waals surface area contributed by atoms with E-state index in [1.54, 1.807) is 0 Å². The molecule has 1 rings (SSSR count). The highest BCUT2D eigenvalue weighted by Crippen LogP contribution is 2.13. The number of carbonyl (C=O) groups excluding carboxylic acids is 1. The largest absolute Gasteiger partial charge is 0.463 e. The fourth-order valence-corrected chi connectivity index (χ4v) is 2.05. The van der Waals surface area contributed by atoms with E-state index < -0.39 is 16.0 Å². The van der Waals surface area contributed by atoms with Gasteiger partial charge in [-0.25, -0.2) is 13.2 Å². The van der Waals surface area contributed by atoms with Gasteiger partial charge in [-0.3, -0.25) is 4.72 Å². The Morgan fingerprint density at radius 3 is 2.80 bits per heavy atom. The maximum atomic E-state index is 11.1. The molecule has 1 aromatic heterocycles. The molecule has 1 heterocycles. The summed E-state index contributed by atoms with van der Waals surface area (Å²) in [6.07, 6.45) is 0. The normalized spacial score (nSPS) is 11.1. The Morgan fingerprint density at radius 1 is 1.60 bits per heavy atom. The number of nitrogens with zero attached hydrogens (tertiary/aromatic N) is 2. The summed E-state index contributed by atoms with van der Waals surface area (Å²) in [5, 5.41) is 0.0530. The van der Waals surface area contributed by atoms with Crippen molar-refractivity contribution < 1.29 is 17.9 Å². The van der Waals surface area contributed by atoms with Crippen LogP contribution in [0, 0.1) is 0 Å². The number of esters is 1. The molecule has 1 aromatic rings. The van der Waals surface area contributed by atoms with E-state index in [-0.39, 0.29) is 16.7 Å². The molecule has 0 aliphatic carbocycles. The van der Waals surface area contributed by atoms with Gasteiger partial charge in [0.2, 0.25) is 15.2 Å². The van der Waals surface area contributed by atoms with Crippen LogP contribution >= 0.6 is 11.5 Å². The van der Waals surface area contributed by atoms with Gasteiger partial charge in [-0.1, -0.05) is 0 Å². The lowest BCUT2D eigenvalue weighted by Gasteiger charge is -1.99. The van der Waals surface area contributed by atoms with E-state index in [1.807, 2.05) is 0 Å². The van der Waals surface area contributed by atoms with Gasteiger partial charge in [-0.2, -0.15) is 9.36 Å². The molecule has 15 heavy (non-hydrogen) atoms. The number of aromatic nitrogens is 2. The number of anilines is 1. The van der Waals surface area contributed by atoms with Crippen molar-refractivity contribution in [2.75, 3.05) is 17.6 Å². The fourth-order valence-electron chi connectivity index (χ4n) is 0.644. The lowest BCUT2D eigenvalue weighted by Crippen LogP contribution is -2.14. The first-order chi connectivity index (χ1) is 6.98. The maximum Gasteiger partial charge on any atom is 0.377 e. The van der Waals surface area contributed by atoms with Gasteiger partial charge in [0.1, 0.15) is 0 Å². The summed E-state index contributed by atoms with van der Waals surface area (Å²) in [6.45, 7) is 1.49. The Labute approximate surface area is 90.7 Å². The third-order valence-electron chi connectivity index (χ3n) is 1.42. The van der Waals surface area contributed by atoms with E-state index in [0.717, 1.165) is 11.5 Å². The molecule has 0 saturated heterocycles. The van der Waals surface area contributed by atoms with Gasteiger partial charge in [0.25, 0.3) is 5.82 Å². The molecule has 0 bridgehead atoms. The monoisotopic (exact) mass is 251 g/mol. The molecule has 0 aliphatic heterocycles. The number of ether oxygens (including phenoxy) is 1. The molecular weight excluding hydrogens is 242 g/mol. The Hall–Kier alpha value is -1.22. The smallest absolute Gasteiger partial charge is 0.377 e. The predicted octanol–water partition coefficient (Wildman–Crippen LogP) is 0.0863. The van der Waals surface area contributed by atoms with Gasteiger partial charge in [0.15, 0.2) is 0 Å². The fraction of sp³-hybridized carbons (Fsp3) is 0.500. The predicted molar refractivity (Wildman–Crippen MR) is 54.3 cm³/mol. The first-order valence-corrected chi connectivity index (χ1v) is 6.33. The molecule has 1 N–H and O–H groups in total. The van der Waals surface area contributed by atoms with Crippen LogP contribution in [-0.2, 0) is 14.8 Å². The number of carbonyl (C=O) groups is 1. The molecule has 0 atom stereocenters. The summed E-state index contributed by atoms with van der Waals surface area (Å²) in [5.41, 5.74) is 0. The van der Waals surface area contributed by atoms with E-state index >= 15 is 0 Å². The molecule has 84 valence electrons. The molecular formula is C6H9N3O4S2. The van der Waals surface area contributed by atoms with Crippen LogP contribution in [0.3, 0.4) is 0 Å². The summed E-state index contributed by atoms with van der Waals surface area (Å²) in [7, 11) is -2.19. The summed E-state index contributed by atoms with van der Waals surface area (Å²) < 4.78 is 32.4. The van der Waals surface area contributed by atoms with Crippen LogP contribution in [0.15, 0.2) is 0 Å². The van der Waals surface area contributed by atoms with Crippen LogP contribution in [0.25, 0.3) is 0 Å². The molecule has 0 unspecified atom stereocenters. The van der Waals surface area contributed by atoms with E-state index in [4.69, 9.17) is 0 Å².